The molecule has 1 heterocycles. The molecule has 0 spiro atoms. The molecule has 0 atom stereocenters. The highest BCUT2D eigenvalue weighted by atomic mass is 32.2. The molecule has 3 rings (SSSR count). The largest absolute Gasteiger partial charge is 0.481 e. The van der Waals surface area contributed by atoms with E-state index in [0.717, 1.165) is 60.9 Å². The lowest BCUT2D eigenvalue weighted by Crippen LogP contribution is -2.38. The molecule has 6 nitrogen and oxygen atoms in total. The molecule has 0 aliphatic heterocycles. The zero-order chi connectivity index (χ0) is 22.8. The molecule has 1 aliphatic carbocycles. The van der Waals surface area contributed by atoms with Gasteiger partial charge in [0, 0.05) is 12.6 Å². The van der Waals surface area contributed by atoms with Crippen molar-refractivity contribution < 1.29 is 32.3 Å². The second-order valence-electron chi connectivity index (χ2n) is 6.55. The van der Waals surface area contributed by atoms with Crippen molar-refractivity contribution in [2.24, 2.45) is 5.92 Å². The zero-order valence-corrected chi connectivity index (χ0v) is 18.0. The Balaban J connectivity index is 0.00000107. The van der Waals surface area contributed by atoms with Crippen molar-refractivity contribution in [3.05, 3.63) is 36.0 Å². The zero-order valence-electron chi connectivity index (χ0n) is 16.3. The number of amides is 2. The first-order valence-corrected chi connectivity index (χ1v) is 11.1. The van der Waals surface area contributed by atoms with Gasteiger partial charge in [0.05, 0.1) is 21.8 Å². The number of alkyl halides is 2. The summed E-state index contributed by atoms with van der Waals surface area (Å²) in [5.74, 6) is -2.30. The fourth-order valence-corrected chi connectivity index (χ4v) is 4.70. The van der Waals surface area contributed by atoms with E-state index in [1.165, 1.54) is 17.2 Å². The van der Waals surface area contributed by atoms with Crippen LogP contribution in [0.3, 0.4) is 0 Å². The predicted octanol–water partition coefficient (Wildman–Crippen LogP) is 5.71. The number of aromatic nitrogens is 1. The van der Waals surface area contributed by atoms with Crippen LogP contribution in [0.5, 0.6) is 0 Å². The Morgan fingerprint density at radius 3 is 2.55 bits per heavy atom. The van der Waals surface area contributed by atoms with Crippen LogP contribution in [0.25, 0.3) is 0 Å². The first kappa shape index (κ1) is 24.9. The van der Waals surface area contributed by atoms with Gasteiger partial charge in [-0.05, 0) is 30.9 Å². The quantitative estimate of drug-likeness (QED) is 0.393. The second-order valence-corrected chi connectivity index (χ2v) is 8.86. The Labute approximate surface area is 184 Å². The van der Waals surface area contributed by atoms with Crippen LogP contribution >= 0.6 is 23.1 Å². The van der Waals surface area contributed by atoms with E-state index in [1.807, 2.05) is 0 Å². The number of nitrogens with one attached hydrogen (secondary N) is 1. The third-order valence-corrected chi connectivity index (χ3v) is 6.49. The average molecular weight is 480 g/mol. The van der Waals surface area contributed by atoms with Gasteiger partial charge in [-0.15, -0.1) is 11.8 Å². The number of urea groups is 1. The number of thioether (sulfide) groups is 1. The third-order valence-electron chi connectivity index (χ3n) is 4.40. The van der Waals surface area contributed by atoms with Gasteiger partial charge < -0.3 is 5.11 Å². The van der Waals surface area contributed by atoms with Crippen LogP contribution in [-0.2, 0) is 4.79 Å². The molecule has 0 radical (unpaired) electrons. The van der Waals surface area contributed by atoms with Gasteiger partial charge in [-0.1, -0.05) is 24.2 Å². The van der Waals surface area contributed by atoms with E-state index in [0.29, 0.717) is 10.8 Å². The van der Waals surface area contributed by atoms with Gasteiger partial charge in [0.25, 0.3) is 0 Å². The normalized spacial score (nSPS) is 13.4. The van der Waals surface area contributed by atoms with Crippen molar-refractivity contribution in [2.45, 2.75) is 29.9 Å². The first-order valence-electron chi connectivity index (χ1n) is 9.30. The maximum atomic E-state index is 14.3. The van der Waals surface area contributed by atoms with Crippen LogP contribution < -0.4 is 10.2 Å². The molecule has 0 saturated heterocycles. The van der Waals surface area contributed by atoms with Crippen LogP contribution in [0.1, 0.15) is 25.7 Å². The van der Waals surface area contributed by atoms with Gasteiger partial charge in [-0.2, -0.15) is 0 Å². The number of carbonyl (C=O) groups excluding carboxylic acids is 1. The van der Waals surface area contributed by atoms with E-state index >= 15 is 0 Å². The van der Waals surface area contributed by atoms with Crippen molar-refractivity contribution in [1.29, 1.82) is 0 Å². The van der Waals surface area contributed by atoms with Crippen LogP contribution in [0, 0.1) is 17.6 Å². The van der Waals surface area contributed by atoms with Crippen molar-refractivity contribution in [3.63, 3.8) is 0 Å². The average Bonchev–Trinajstić information content (AvgIpc) is 3.37. The number of carboxylic acids is 1. The minimum Gasteiger partial charge on any atom is -0.481 e. The van der Waals surface area contributed by atoms with Crippen molar-refractivity contribution in [1.82, 2.24) is 4.98 Å². The number of halogens is 4. The fraction of sp³-hybridized carbons (Fsp3) is 0.421. The number of hydrogen-bond donors (Lipinski definition) is 2. The van der Waals surface area contributed by atoms with Crippen molar-refractivity contribution in [2.75, 3.05) is 29.4 Å². The van der Waals surface area contributed by atoms with E-state index in [1.54, 1.807) is 0 Å². The summed E-state index contributed by atoms with van der Waals surface area (Å²) in [6.45, 7) is -1.42. The van der Waals surface area contributed by atoms with Gasteiger partial charge in [-0.3, -0.25) is 15.0 Å². The molecular weight excluding hydrogens is 458 g/mol. The molecule has 2 N–H and O–H groups in total. The number of nitrogens with zero attached hydrogens (tertiary/aromatic N) is 2. The Morgan fingerprint density at radius 1 is 1.26 bits per heavy atom. The van der Waals surface area contributed by atoms with Crippen LogP contribution in [0.4, 0.5) is 33.2 Å². The summed E-state index contributed by atoms with van der Waals surface area (Å²) < 4.78 is 47.5. The smallest absolute Gasteiger partial charge is 0.328 e. The van der Waals surface area contributed by atoms with Crippen molar-refractivity contribution in [3.8, 4) is 0 Å². The number of carboxylic acid groups (broad SMARTS) is 1. The molecule has 2 amide bonds. The van der Waals surface area contributed by atoms with Crippen molar-refractivity contribution >= 4 is 45.9 Å². The maximum absolute atomic E-state index is 14.3. The highest BCUT2D eigenvalue weighted by Crippen LogP contribution is 2.31. The number of thiazole rings is 1. The van der Waals surface area contributed by atoms with Gasteiger partial charge in [0.15, 0.2) is 5.13 Å². The van der Waals surface area contributed by atoms with E-state index in [9.17, 15) is 27.2 Å². The molecule has 0 bridgehead atoms. The molecule has 0 unspecified atom stereocenters. The Hall–Kier alpha value is -2.34. The highest BCUT2D eigenvalue weighted by molar-refractivity contribution is 8.01. The first-order chi connectivity index (χ1) is 14.8. The van der Waals surface area contributed by atoms with Crippen LogP contribution in [0.15, 0.2) is 28.6 Å². The maximum Gasteiger partial charge on any atom is 0.328 e. The van der Waals surface area contributed by atoms with Gasteiger partial charge in [0.2, 0.25) is 6.93 Å². The summed E-state index contributed by atoms with van der Waals surface area (Å²) in [6, 6.07) is 2.59. The monoisotopic (exact) mass is 479 g/mol. The van der Waals surface area contributed by atoms with E-state index in [2.05, 4.69) is 10.3 Å². The third kappa shape index (κ3) is 8.02. The number of benzene rings is 1. The van der Waals surface area contributed by atoms with Gasteiger partial charge in [0.1, 0.15) is 11.6 Å². The summed E-state index contributed by atoms with van der Waals surface area (Å²) in [4.78, 5) is 28.8. The van der Waals surface area contributed by atoms with E-state index in [4.69, 9.17) is 5.11 Å². The molecule has 1 saturated carbocycles. The Bertz CT molecular complexity index is 879. The number of carbonyl (C=O) groups is 2. The molecule has 1 aromatic carbocycles. The molecule has 31 heavy (non-hydrogen) atoms. The lowest BCUT2D eigenvalue weighted by Gasteiger charge is -2.26. The standard InChI is InChI=1S/C18H19F2N3O3S2.CH2F2/c19-12-5-6-14(13(20)7-12)23(9-11-3-1-2-4-11)18(26)22-17-21-8-16(28-17)27-10-15(24)25;2-1-3/h5-8,11H,1-4,9-10H2,(H,24,25)(H,21,22,26);1H2. The minimum atomic E-state index is -1.75. The summed E-state index contributed by atoms with van der Waals surface area (Å²) in [5.41, 5.74) is 0.0165. The van der Waals surface area contributed by atoms with Crippen LogP contribution in [-0.4, -0.2) is 41.3 Å². The van der Waals surface area contributed by atoms with Crippen LogP contribution in [0.2, 0.25) is 0 Å². The SMILES string of the molecule is FCF.O=C(O)CSc1cnc(NC(=O)N(CC2CCCC2)c2ccc(F)cc2F)s1. The molecule has 12 heteroatoms. The van der Waals surface area contributed by atoms with Gasteiger partial charge in [-0.25, -0.2) is 27.3 Å². The second kappa shape index (κ2) is 12.5. The topological polar surface area (TPSA) is 82.5 Å². The number of anilines is 2. The predicted molar refractivity (Wildman–Crippen MR) is 112 cm³/mol. The number of aliphatic carboxylic acids is 1. The Morgan fingerprint density at radius 2 is 1.94 bits per heavy atom. The highest BCUT2D eigenvalue weighted by Gasteiger charge is 2.26. The van der Waals surface area contributed by atoms with E-state index in [-0.39, 0.29) is 22.5 Å². The number of rotatable bonds is 7. The summed E-state index contributed by atoms with van der Waals surface area (Å²) >= 11 is 2.24. The fourth-order valence-electron chi connectivity index (χ4n) is 3.12. The summed E-state index contributed by atoms with van der Waals surface area (Å²) in [5, 5.41) is 11.7. The molecule has 2 aromatic rings. The minimum absolute atomic E-state index is 0.0165. The molecular formula is C19H21F4N3O3S2. The van der Waals surface area contributed by atoms with E-state index < -0.39 is 30.6 Å². The Kier molecular flexibility index (Phi) is 10.0. The lowest BCUT2D eigenvalue weighted by molar-refractivity contribution is -0.133. The molecule has 170 valence electrons. The number of hydrogen-bond acceptors (Lipinski definition) is 5. The molecule has 1 fully saturated rings. The van der Waals surface area contributed by atoms with Gasteiger partial charge >= 0.3 is 12.0 Å². The molecule has 1 aliphatic rings. The summed E-state index contributed by atoms with van der Waals surface area (Å²) in [6.07, 6.45) is 5.54. The molecule has 1 aromatic heterocycles. The lowest BCUT2D eigenvalue weighted by atomic mass is 10.1. The summed E-state index contributed by atoms with van der Waals surface area (Å²) in [7, 11) is 0.